The lowest BCUT2D eigenvalue weighted by Crippen LogP contribution is -2.37. The second kappa shape index (κ2) is 9.75. The van der Waals surface area contributed by atoms with Crippen LogP contribution in [0.25, 0.3) is 0 Å². The second-order valence-electron chi connectivity index (χ2n) is 8.07. The van der Waals surface area contributed by atoms with Crippen LogP contribution in [0.5, 0.6) is 0 Å². The van der Waals surface area contributed by atoms with E-state index < -0.39 is 0 Å². The van der Waals surface area contributed by atoms with Crippen LogP contribution in [0.3, 0.4) is 0 Å². The van der Waals surface area contributed by atoms with Crippen molar-refractivity contribution in [1.29, 1.82) is 0 Å². The minimum absolute atomic E-state index is 0.00209. The number of carbonyl (C=O) groups excluding carboxylic acids is 1. The lowest BCUT2D eigenvalue weighted by atomic mass is 9.95. The number of H-pyrrole nitrogens is 1. The first-order chi connectivity index (χ1) is 14.6. The van der Waals surface area contributed by atoms with Gasteiger partial charge in [-0.15, -0.1) is 0 Å². The molecule has 160 valence electrons. The summed E-state index contributed by atoms with van der Waals surface area (Å²) in [5, 5.41) is 3.59. The topological polar surface area (TPSA) is 78.1 Å². The average Bonchev–Trinajstić information content (AvgIpc) is 2.75. The molecule has 2 N–H and O–H groups in total. The molecule has 0 saturated heterocycles. The predicted molar refractivity (Wildman–Crippen MR) is 115 cm³/mol. The number of hydrogen-bond acceptors (Lipinski definition) is 5. The fourth-order valence-electron chi connectivity index (χ4n) is 4.16. The summed E-state index contributed by atoms with van der Waals surface area (Å²) in [5.74, 6) is 0.00753. The highest BCUT2D eigenvalue weighted by Crippen LogP contribution is 2.20. The van der Waals surface area contributed by atoms with E-state index in [4.69, 9.17) is 0 Å². The van der Waals surface area contributed by atoms with E-state index in [2.05, 4.69) is 20.2 Å². The summed E-state index contributed by atoms with van der Waals surface area (Å²) in [7, 11) is 0. The number of carbonyl (C=O) groups is 1. The molecule has 30 heavy (non-hydrogen) atoms. The summed E-state index contributed by atoms with van der Waals surface area (Å²) in [6.07, 6.45) is 6.40. The minimum Gasteiger partial charge on any atom is -0.353 e. The normalized spacial score (nSPS) is 17.5. The molecule has 1 aliphatic carbocycles. The fourth-order valence-corrected chi connectivity index (χ4v) is 4.85. The summed E-state index contributed by atoms with van der Waals surface area (Å²) in [6.45, 7) is 1.96. The van der Waals surface area contributed by atoms with Crippen molar-refractivity contribution in [2.24, 2.45) is 0 Å². The Morgan fingerprint density at radius 3 is 2.77 bits per heavy atom. The maximum atomic E-state index is 13.1. The standard InChI is InChI=1S/C22H27FN4O2S/c23-16-8-6-15(7-9-16)12-27-11-10-19-18(13-27)21(29)26-22(25-19)30-14-20(28)24-17-4-2-1-3-5-17/h6-9,17H,1-5,10-14H2,(H,24,28)(H,25,26,29). The van der Waals surface area contributed by atoms with E-state index in [1.54, 1.807) is 12.1 Å². The molecule has 2 aliphatic rings. The molecule has 0 atom stereocenters. The van der Waals surface area contributed by atoms with Gasteiger partial charge in [-0.2, -0.15) is 0 Å². The number of hydrogen-bond donors (Lipinski definition) is 2. The first-order valence-electron chi connectivity index (χ1n) is 10.6. The first kappa shape index (κ1) is 21.1. The SMILES string of the molecule is O=C(CSc1nc2c(c(=O)[nH]1)CN(Cc1ccc(F)cc1)CC2)NC1CCCCC1. The number of halogens is 1. The summed E-state index contributed by atoms with van der Waals surface area (Å²) in [6, 6.07) is 6.73. The van der Waals surface area contributed by atoms with Gasteiger partial charge in [-0.1, -0.05) is 43.2 Å². The van der Waals surface area contributed by atoms with Crippen molar-refractivity contribution in [3.8, 4) is 0 Å². The van der Waals surface area contributed by atoms with Gasteiger partial charge in [-0.25, -0.2) is 9.37 Å². The van der Waals surface area contributed by atoms with E-state index in [0.717, 1.165) is 30.6 Å². The zero-order valence-corrected chi connectivity index (χ0v) is 17.8. The molecule has 1 fully saturated rings. The van der Waals surface area contributed by atoms with Crippen LogP contribution in [0.15, 0.2) is 34.2 Å². The van der Waals surface area contributed by atoms with Crippen LogP contribution < -0.4 is 10.9 Å². The summed E-state index contributed by atoms with van der Waals surface area (Å²) in [4.78, 5) is 34.4. The van der Waals surface area contributed by atoms with Gasteiger partial charge in [0.15, 0.2) is 5.16 Å². The van der Waals surface area contributed by atoms with Crippen molar-refractivity contribution < 1.29 is 9.18 Å². The van der Waals surface area contributed by atoms with E-state index >= 15 is 0 Å². The van der Waals surface area contributed by atoms with E-state index in [1.807, 2.05) is 0 Å². The number of amides is 1. The molecule has 1 aromatic heterocycles. The smallest absolute Gasteiger partial charge is 0.256 e. The molecule has 0 bridgehead atoms. The van der Waals surface area contributed by atoms with Crippen molar-refractivity contribution in [3.63, 3.8) is 0 Å². The van der Waals surface area contributed by atoms with E-state index in [1.165, 1.54) is 43.2 Å². The maximum absolute atomic E-state index is 13.1. The number of rotatable bonds is 6. The molecule has 0 unspecified atom stereocenters. The lowest BCUT2D eigenvalue weighted by Gasteiger charge is -2.27. The highest BCUT2D eigenvalue weighted by atomic mass is 32.2. The van der Waals surface area contributed by atoms with Crippen LogP contribution in [-0.4, -0.2) is 39.1 Å². The number of aromatic nitrogens is 2. The van der Waals surface area contributed by atoms with Gasteiger partial charge in [0.1, 0.15) is 5.82 Å². The summed E-state index contributed by atoms with van der Waals surface area (Å²) >= 11 is 1.28. The number of aromatic amines is 1. The van der Waals surface area contributed by atoms with Crippen molar-refractivity contribution in [1.82, 2.24) is 20.2 Å². The first-order valence-corrected chi connectivity index (χ1v) is 11.6. The molecule has 1 saturated carbocycles. The van der Waals surface area contributed by atoms with Crippen LogP contribution in [0.4, 0.5) is 4.39 Å². The molecular weight excluding hydrogens is 403 g/mol. The Morgan fingerprint density at radius 1 is 1.23 bits per heavy atom. The van der Waals surface area contributed by atoms with Gasteiger partial charge in [-0.05, 0) is 30.5 Å². The summed E-state index contributed by atoms with van der Waals surface area (Å²) in [5.41, 5.74) is 2.36. The molecule has 2 aromatic rings. The number of nitrogens with one attached hydrogen (secondary N) is 2. The van der Waals surface area contributed by atoms with Crippen LogP contribution in [0, 0.1) is 5.82 Å². The van der Waals surface area contributed by atoms with E-state index in [0.29, 0.717) is 30.2 Å². The molecule has 0 radical (unpaired) electrons. The zero-order valence-electron chi connectivity index (χ0n) is 17.0. The zero-order chi connectivity index (χ0) is 20.9. The van der Waals surface area contributed by atoms with Crippen LogP contribution >= 0.6 is 11.8 Å². The minimum atomic E-state index is -0.249. The van der Waals surface area contributed by atoms with Crippen molar-refractivity contribution in [2.75, 3.05) is 12.3 Å². The Bertz CT molecular complexity index is 941. The van der Waals surface area contributed by atoms with Crippen LogP contribution in [0.2, 0.25) is 0 Å². The average molecular weight is 431 g/mol. The van der Waals surface area contributed by atoms with Gasteiger partial charge in [0, 0.05) is 32.1 Å². The Kier molecular flexibility index (Phi) is 6.84. The van der Waals surface area contributed by atoms with Gasteiger partial charge >= 0.3 is 0 Å². The lowest BCUT2D eigenvalue weighted by molar-refractivity contribution is -0.119. The second-order valence-corrected chi connectivity index (χ2v) is 9.04. The Hall–Kier alpha value is -2.19. The molecule has 1 amide bonds. The molecular formula is C22H27FN4O2S. The number of fused-ring (bicyclic) bond motifs is 1. The molecule has 0 spiro atoms. The number of thioether (sulfide) groups is 1. The number of nitrogens with zero attached hydrogens (tertiary/aromatic N) is 2. The highest BCUT2D eigenvalue weighted by Gasteiger charge is 2.22. The van der Waals surface area contributed by atoms with Gasteiger partial charge in [0.25, 0.3) is 5.56 Å². The molecule has 1 aromatic carbocycles. The number of benzene rings is 1. The Balaban J connectivity index is 1.33. The Labute approximate surface area is 179 Å². The molecule has 2 heterocycles. The van der Waals surface area contributed by atoms with Gasteiger partial charge in [0.05, 0.1) is 17.0 Å². The third kappa shape index (κ3) is 5.49. The van der Waals surface area contributed by atoms with E-state index in [9.17, 15) is 14.0 Å². The fraction of sp³-hybridized carbons (Fsp3) is 0.500. The quantitative estimate of drug-likeness (QED) is 0.544. The molecule has 4 rings (SSSR count). The van der Waals surface area contributed by atoms with Crippen molar-refractivity contribution in [2.45, 2.75) is 62.8 Å². The predicted octanol–water partition coefficient (Wildman–Crippen LogP) is 3.01. The Morgan fingerprint density at radius 2 is 2.00 bits per heavy atom. The van der Waals surface area contributed by atoms with Gasteiger partial charge in [0.2, 0.25) is 5.91 Å². The largest absolute Gasteiger partial charge is 0.353 e. The molecule has 1 aliphatic heterocycles. The monoisotopic (exact) mass is 430 g/mol. The van der Waals surface area contributed by atoms with Crippen molar-refractivity contribution in [3.05, 3.63) is 57.3 Å². The maximum Gasteiger partial charge on any atom is 0.256 e. The highest BCUT2D eigenvalue weighted by molar-refractivity contribution is 7.99. The van der Waals surface area contributed by atoms with Crippen LogP contribution in [-0.2, 0) is 24.3 Å². The van der Waals surface area contributed by atoms with E-state index in [-0.39, 0.29) is 29.1 Å². The third-order valence-corrected chi connectivity index (χ3v) is 6.63. The molecule has 6 nitrogen and oxygen atoms in total. The van der Waals surface area contributed by atoms with Gasteiger partial charge < -0.3 is 10.3 Å². The van der Waals surface area contributed by atoms with Crippen LogP contribution in [0.1, 0.15) is 48.9 Å². The third-order valence-electron chi connectivity index (χ3n) is 5.76. The van der Waals surface area contributed by atoms with Gasteiger partial charge in [-0.3, -0.25) is 14.5 Å². The summed E-state index contributed by atoms with van der Waals surface area (Å²) < 4.78 is 13.1. The van der Waals surface area contributed by atoms with Crippen molar-refractivity contribution >= 4 is 17.7 Å². The molecule has 8 heteroatoms.